The third-order valence-electron chi connectivity index (χ3n) is 5.01. The number of hydrogen-bond donors (Lipinski definition) is 2. The summed E-state index contributed by atoms with van der Waals surface area (Å²) in [7, 11) is 0. The van der Waals surface area contributed by atoms with E-state index < -0.39 is 0 Å². The van der Waals surface area contributed by atoms with Crippen LogP contribution in [0.25, 0.3) is 0 Å². The first-order valence-electron chi connectivity index (χ1n) is 8.67. The van der Waals surface area contributed by atoms with E-state index in [1.54, 1.807) is 12.1 Å². The molecule has 0 aromatic heterocycles. The lowest BCUT2D eigenvalue weighted by molar-refractivity contribution is -0.124. The molecule has 0 radical (unpaired) electrons. The third kappa shape index (κ3) is 5.31. The van der Waals surface area contributed by atoms with Gasteiger partial charge in [-0.25, -0.2) is 0 Å². The number of carbonyl (C=O) groups excluding carboxylic acids is 1. The molecule has 7 heteroatoms. The van der Waals surface area contributed by atoms with Crippen LogP contribution in [0.2, 0.25) is 10.0 Å². The lowest BCUT2D eigenvalue weighted by atomic mass is 9.91. The Balaban J connectivity index is 0.00000225. The molecule has 2 N–H and O–H groups in total. The Morgan fingerprint density at radius 3 is 2.68 bits per heavy atom. The van der Waals surface area contributed by atoms with Crippen LogP contribution < -0.4 is 5.32 Å². The minimum atomic E-state index is -0.325. The van der Waals surface area contributed by atoms with Crippen molar-refractivity contribution < 1.29 is 9.90 Å². The zero-order chi connectivity index (χ0) is 17.1. The summed E-state index contributed by atoms with van der Waals surface area (Å²) in [6.07, 6.45) is 4.06. The number of Topliss-reactive ketones (excluding diaryl/α,β-unsaturated/α-hetero) is 1. The number of aliphatic hydroxyl groups excluding tert-OH is 1. The highest BCUT2D eigenvalue weighted by Crippen LogP contribution is 2.25. The smallest absolute Gasteiger partial charge is 0.155 e. The van der Waals surface area contributed by atoms with Crippen molar-refractivity contribution in [1.82, 2.24) is 10.2 Å². The number of rotatable bonds is 5. The maximum Gasteiger partial charge on any atom is 0.155 e. The summed E-state index contributed by atoms with van der Waals surface area (Å²) in [6.45, 7) is 2.31. The van der Waals surface area contributed by atoms with E-state index in [1.807, 2.05) is 6.07 Å². The first-order valence-corrected chi connectivity index (χ1v) is 9.42. The fourth-order valence-corrected chi connectivity index (χ4v) is 4.13. The molecule has 4 nitrogen and oxygen atoms in total. The molecule has 140 valence electrons. The Kier molecular flexibility index (Phi) is 7.99. The summed E-state index contributed by atoms with van der Waals surface area (Å²) >= 11 is 12.0. The summed E-state index contributed by atoms with van der Waals surface area (Å²) in [5.41, 5.74) is 0.884. The molecule has 1 aromatic carbocycles. The van der Waals surface area contributed by atoms with E-state index in [4.69, 9.17) is 23.2 Å². The molecule has 0 spiro atoms. The van der Waals surface area contributed by atoms with Crippen LogP contribution in [-0.2, 0) is 11.2 Å². The number of β-amino-alcohol motifs (C(OH)–C–C–N with tert-alkyl or cyclic N) is 1. The molecular weight excluding hydrogens is 383 g/mol. The second-order valence-corrected chi connectivity index (χ2v) is 7.64. The lowest BCUT2D eigenvalue weighted by Gasteiger charge is -2.36. The zero-order valence-electron chi connectivity index (χ0n) is 14.1. The van der Waals surface area contributed by atoms with Crippen molar-refractivity contribution >= 4 is 41.4 Å². The number of nitrogens with zero attached hydrogens (tertiary/aromatic N) is 1. The number of ketones is 1. The van der Waals surface area contributed by atoms with Crippen molar-refractivity contribution in [3.8, 4) is 0 Å². The number of aliphatic hydroxyl groups is 1. The molecule has 2 heterocycles. The van der Waals surface area contributed by atoms with Crippen LogP contribution in [0.5, 0.6) is 0 Å². The first-order chi connectivity index (χ1) is 11.5. The number of hydrogen-bond acceptors (Lipinski definition) is 4. The van der Waals surface area contributed by atoms with Crippen LogP contribution in [-0.4, -0.2) is 53.6 Å². The Hall–Kier alpha value is -0.360. The van der Waals surface area contributed by atoms with Crippen LogP contribution >= 0.6 is 35.6 Å². The Bertz CT molecular complexity index is 589. The van der Waals surface area contributed by atoms with Gasteiger partial charge in [-0.15, -0.1) is 12.4 Å². The van der Waals surface area contributed by atoms with Crippen molar-refractivity contribution in [2.24, 2.45) is 0 Å². The molecule has 0 amide bonds. The fraction of sp³-hybridized carbons (Fsp3) is 0.611. The molecule has 25 heavy (non-hydrogen) atoms. The van der Waals surface area contributed by atoms with Gasteiger partial charge in [0.05, 0.1) is 22.2 Å². The van der Waals surface area contributed by atoms with Gasteiger partial charge < -0.3 is 10.4 Å². The van der Waals surface area contributed by atoms with Crippen molar-refractivity contribution in [3.63, 3.8) is 0 Å². The van der Waals surface area contributed by atoms with Crippen LogP contribution in [0, 0.1) is 0 Å². The van der Waals surface area contributed by atoms with Gasteiger partial charge in [0.15, 0.2) is 5.78 Å². The highest BCUT2D eigenvalue weighted by atomic mass is 35.5. The van der Waals surface area contributed by atoms with Crippen molar-refractivity contribution in [1.29, 1.82) is 0 Å². The molecule has 0 saturated carbocycles. The molecule has 2 saturated heterocycles. The average molecular weight is 408 g/mol. The molecule has 2 aliphatic rings. The van der Waals surface area contributed by atoms with Gasteiger partial charge in [0.2, 0.25) is 0 Å². The molecule has 3 unspecified atom stereocenters. The van der Waals surface area contributed by atoms with E-state index in [9.17, 15) is 9.90 Å². The molecule has 0 bridgehead atoms. The zero-order valence-corrected chi connectivity index (χ0v) is 16.4. The average Bonchev–Trinajstić information content (AvgIpc) is 2.98. The first kappa shape index (κ1) is 20.9. The Morgan fingerprint density at radius 1 is 1.28 bits per heavy atom. The second-order valence-electron chi connectivity index (χ2n) is 6.83. The van der Waals surface area contributed by atoms with E-state index in [2.05, 4.69) is 10.2 Å². The Labute approximate surface area is 165 Å². The monoisotopic (exact) mass is 406 g/mol. The van der Waals surface area contributed by atoms with E-state index in [-0.39, 0.29) is 36.4 Å². The fourth-order valence-electron chi connectivity index (χ4n) is 3.81. The predicted octanol–water partition coefficient (Wildman–Crippen LogP) is 3.10. The normalized spacial score (nSPS) is 25.4. The quantitative estimate of drug-likeness (QED) is 0.787. The van der Waals surface area contributed by atoms with Crippen molar-refractivity contribution in [2.75, 3.05) is 19.6 Å². The molecule has 0 aliphatic carbocycles. The maximum absolute atomic E-state index is 13.1. The van der Waals surface area contributed by atoms with Gasteiger partial charge in [-0.3, -0.25) is 9.69 Å². The van der Waals surface area contributed by atoms with Crippen LogP contribution in [0.1, 0.15) is 31.2 Å². The van der Waals surface area contributed by atoms with Gasteiger partial charge in [-0.2, -0.15) is 0 Å². The summed E-state index contributed by atoms with van der Waals surface area (Å²) in [5, 5.41) is 14.4. The summed E-state index contributed by atoms with van der Waals surface area (Å²) in [5.74, 6) is 0.182. The van der Waals surface area contributed by atoms with Gasteiger partial charge in [-0.05, 0) is 43.5 Å². The number of piperidine rings is 1. The van der Waals surface area contributed by atoms with Crippen LogP contribution in [0.3, 0.4) is 0 Å². The largest absolute Gasteiger partial charge is 0.392 e. The standard InChI is InChI=1S/C18H24Cl2N2O2.ClH/c19-14-5-4-12(9-15(14)20)10-17(24)18(16-3-1-2-7-21-16)22-8-6-13(23)11-22;/h4-5,9,13,16,18,21,23H,1-3,6-8,10-11H2;1H. The number of carbonyl (C=O) groups is 1. The van der Waals surface area contributed by atoms with Gasteiger partial charge in [0, 0.05) is 25.6 Å². The summed E-state index contributed by atoms with van der Waals surface area (Å²) in [4.78, 5) is 15.2. The van der Waals surface area contributed by atoms with Gasteiger partial charge in [0.1, 0.15) is 0 Å². The summed E-state index contributed by atoms with van der Waals surface area (Å²) in [6, 6.07) is 5.35. The van der Waals surface area contributed by atoms with E-state index >= 15 is 0 Å². The number of likely N-dealkylation sites (tertiary alicyclic amines) is 1. The third-order valence-corrected chi connectivity index (χ3v) is 5.75. The van der Waals surface area contributed by atoms with Gasteiger partial charge in [0.25, 0.3) is 0 Å². The van der Waals surface area contributed by atoms with Gasteiger partial charge in [-0.1, -0.05) is 35.7 Å². The van der Waals surface area contributed by atoms with E-state index in [1.165, 1.54) is 0 Å². The lowest BCUT2D eigenvalue weighted by Crippen LogP contribution is -2.55. The molecule has 3 rings (SSSR count). The number of benzene rings is 1. The highest BCUT2D eigenvalue weighted by Gasteiger charge is 2.37. The van der Waals surface area contributed by atoms with Gasteiger partial charge >= 0.3 is 0 Å². The molecule has 2 fully saturated rings. The highest BCUT2D eigenvalue weighted by molar-refractivity contribution is 6.42. The minimum absolute atomic E-state index is 0. The van der Waals surface area contributed by atoms with Crippen molar-refractivity contribution in [2.45, 2.75) is 50.3 Å². The topological polar surface area (TPSA) is 52.6 Å². The summed E-state index contributed by atoms with van der Waals surface area (Å²) < 4.78 is 0. The number of halogens is 3. The van der Waals surface area contributed by atoms with Crippen LogP contribution in [0.15, 0.2) is 18.2 Å². The maximum atomic E-state index is 13.1. The van der Waals surface area contributed by atoms with Crippen LogP contribution in [0.4, 0.5) is 0 Å². The van der Waals surface area contributed by atoms with Crippen molar-refractivity contribution in [3.05, 3.63) is 33.8 Å². The molecule has 2 aliphatic heterocycles. The SMILES string of the molecule is Cl.O=C(Cc1ccc(Cl)c(Cl)c1)C(C1CCCCN1)N1CCC(O)C1. The Morgan fingerprint density at radius 2 is 2.08 bits per heavy atom. The van der Waals surface area contributed by atoms with E-state index in [0.717, 1.165) is 44.3 Å². The number of nitrogens with one attached hydrogen (secondary N) is 1. The van der Waals surface area contributed by atoms with E-state index in [0.29, 0.717) is 23.0 Å². The predicted molar refractivity (Wildman–Crippen MR) is 104 cm³/mol. The molecular formula is C18H25Cl3N2O2. The molecule has 1 aromatic rings. The second kappa shape index (κ2) is 9.54. The minimum Gasteiger partial charge on any atom is -0.392 e. The molecule has 3 atom stereocenters.